The maximum atomic E-state index is 11.5. The van der Waals surface area contributed by atoms with E-state index in [2.05, 4.69) is 0 Å². The van der Waals surface area contributed by atoms with Gasteiger partial charge in [0.15, 0.2) is 0 Å². The number of rotatable bonds is 4. The van der Waals surface area contributed by atoms with Crippen LogP contribution in [0.2, 0.25) is 0 Å². The van der Waals surface area contributed by atoms with E-state index in [4.69, 9.17) is 4.74 Å². The van der Waals surface area contributed by atoms with Gasteiger partial charge in [-0.3, -0.25) is 0 Å². The van der Waals surface area contributed by atoms with Crippen LogP contribution in [0.15, 0.2) is 24.3 Å². The first kappa shape index (κ1) is 14.5. The van der Waals surface area contributed by atoms with Gasteiger partial charge in [0.1, 0.15) is 4.88 Å². The molecule has 0 atom stereocenters. The van der Waals surface area contributed by atoms with E-state index in [-0.39, 0.29) is 6.10 Å². The molecule has 4 heteroatoms. The topological polar surface area (TPSA) is 46.5 Å². The van der Waals surface area contributed by atoms with Gasteiger partial charge in [0.25, 0.3) is 0 Å². The predicted octanol–water partition coefficient (Wildman–Crippen LogP) is 4.84. The van der Waals surface area contributed by atoms with E-state index in [1.165, 1.54) is 37.0 Å². The van der Waals surface area contributed by atoms with Crippen LogP contribution in [-0.4, -0.2) is 17.2 Å². The average Bonchev–Trinajstić information content (AvgIpc) is 2.66. The quantitative estimate of drug-likeness (QED) is 0.822. The van der Waals surface area contributed by atoms with E-state index in [0.717, 1.165) is 28.5 Å². The molecule has 1 saturated carbocycles. The van der Waals surface area contributed by atoms with Gasteiger partial charge in [-0.1, -0.05) is 43.9 Å². The van der Waals surface area contributed by atoms with Crippen LogP contribution in [0.1, 0.15) is 53.8 Å². The number of hydrogen-bond acceptors (Lipinski definition) is 3. The number of ether oxygens (including phenoxy) is 1. The van der Waals surface area contributed by atoms with Gasteiger partial charge in [-0.2, -0.15) is 0 Å². The fourth-order valence-corrected chi connectivity index (χ4v) is 4.07. The molecular formula is C17H20O3S. The first-order valence-corrected chi connectivity index (χ1v) is 8.42. The Balaban J connectivity index is 1.81. The molecule has 3 rings (SSSR count). The first-order valence-electron chi connectivity index (χ1n) is 7.61. The number of fused-ring (bicyclic) bond motifs is 1. The first-order chi connectivity index (χ1) is 10.3. The Morgan fingerprint density at radius 2 is 1.90 bits per heavy atom. The molecule has 1 aliphatic carbocycles. The summed E-state index contributed by atoms with van der Waals surface area (Å²) in [5, 5.41) is 10.4. The standard InChI is InChI=1S/C17H20O3S/c18-17(19)16-14(13-9-5-6-10-15(13)21-16)11-20-12-7-3-1-2-4-8-12/h5-6,9-10,12H,1-4,7-8,11H2,(H,18,19). The second-order valence-corrected chi connectivity index (χ2v) is 6.69. The third-order valence-electron chi connectivity index (χ3n) is 4.16. The second kappa shape index (κ2) is 6.58. The molecule has 2 aromatic rings. The summed E-state index contributed by atoms with van der Waals surface area (Å²) >= 11 is 1.34. The van der Waals surface area contributed by atoms with Gasteiger partial charge in [-0.25, -0.2) is 4.79 Å². The summed E-state index contributed by atoms with van der Waals surface area (Å²) in [4.78, 5) is 11.9. The maximum absolute atomic E-state index is 11.5. The van der Waals surface area contributed by atoms with Gasteiger partial charge in [0.2, 0.25) is 0 Å². The van der Waals surface area contributed by atoms with Crippen molar-refractivity contribution in [2.45, 2.75) is 51.2 Å². The molecular weight excluding hydrogens is 284 g/mol. The SMILES string of the molecule is O=C(O)c1sc2ccccc2c1COC1CCCCCC1. The van der Waals surface area contributed by atoms with Crippen LogP contribution in [-0.2, 0) is 11.3 Å². The van der Waals surface area contributed by atoms with Gasteiger partial charge in [0.05, 0.1) is 12.7 Å². The molecule has 1 fully saturated rings. The molecule has 0 spiro atoms. The molecule has 0 aliphatic heterocycles. The highest BCUT2D eigenvalue weighted by Crippen LogP contribution is 2.32. The highest BCUT2D eigenvalue weighted by atomic mass is 32.1. The summed E-state index contributed by atoms with van der Waals surface area (Å²) in [6.07, 6.45) is 7.52. The van der Waals surface area contributed by atoms with Crippen molar-refractivity contribution in [3.63, 3.8) is 0 Å². The van der Waals surface area contributed by atoms with E-state index in [1.54, 1.807) is 0 Å². The van der Waals surface area contributed by atoms with Gasteiger partial charge in [-0.15, -0.1) is 11.3 Å². The summed E-state index contributed by atoms with van der Waals surface area (Å²) in [5.74, 6) is -0.851. The molecule has 1 aromatic heterocycles. The molecule has 0 radical (unpaired) electrons. The number of carboxylic acids is 1. The molecule has 3 nitrogen and oxygen atoms in total. The lowest BCUT2D eigenvalue weighted by molar-refractivity contribution is 0.0308. The minimum atomic E-state index is -0.851. The van der Waals surface area contributed by atoms with E-state index in [0.29, 0.717) is 11.5 Å². The Kier molecular flexibility index (Phi) is 4.56. The second-order valence-electron chi connectivity index (χ2n) is 5.64. The van der Waals surface area contributed by atoms with E-state index < -0.39 is 5.97 Å². The van der Waals surface area contributed by atoms with Crippen molar-refractivity contribution in [2.24, 2.45) is 0 Å². The summed E-state index contributed by atoms with van der Waals surface area (Å²) in [5.41, 5.74) is 0.840. The van der Waals surface area contributed by atoms with Crippen molar-refractivity contribution in [1.82, 2.24) is 0 Å². The fraction of sp³-hybridized carbons (Fsp3) is 0.471. The van der Waals surface area contributed by atoms with Crippen LogP contribution < -0.4 is 0 Å². The Morgan fingerprint density at radius 3 is 2.62 bits per heavy atom. The third-order valence-corrected chi connectivity index (χ3v) is 5.36. The van der Waals surface area contributed by atoms with Crippen molar-refractivity contribution in [3.05, 3.63) is 34.7 Å². The van der Waals surface area contributed by atoms with Crippen LogP contribution in [0, 0.1) is 0 Å². The lowest BCUT2D eigenvalue weighted by Crippen LogP contribution is -2.12. The van der Waals surface area contributed by atoms with Gasteiger partial charge in [-0.05, 0) is 24.3 Å². The highest BCUT2D eigenvalue weighted by Gasteiger charge is 2.19. The van der Waals surface area contributed by atoms with Crippen molar-refractivity contribution >= 4 is 27.4 Å². The number of carbonyl (C=O) groups is 1. The molecule has 21 heavy (non-hydrogen) atoms. The fourth-order valence-electron chi connectivity index (χ4n) is 3.02. The summed E-state index contributed by atoms with van der Waals surface area (Å²) in [6.45, 7) is 0.413. The molecule has 1 N–H and O–H groups in total. The lowest BCUT2D eigenvalue weighted by Gasteiger charge is -2.15. The number of benzene rings is 1. The third kappa shape index (κ3) is 3.27. The maximum Gasteiger partial charge on any atom is 0.346 e. The zero-order valence-electron chi connectivity index (χ0n) is 12.0. The largest absolute Gasteiger partial charge is 0.477 e. The van der Waals surface area contributed by atoms with Crippen LogP contribution in [0.25, 0.3) is 10.1 Å². The van der Waals surface area contributed by atoms with E-state index in [1.807, 2.05) is 24.3 Å². The van der Waals surface area contributed by atoms with Gasteiger partial charge in [0, 0.05) is 10.3 Å². The lowest BCUT2D eigenvalue weighted by atomic mass is 10.1. The van der Waals surface area contributed by atoms with Crippen LogP contribution >= 0.6 is 11.3 Å². The average molecular weight is 304 g/mol. The van der Waals surface area contributed by atoms with Crippen LogP contribution in [0.3, 0.4) is 0 Å². The zero-order valence-corrected chi connectivity index (χ0v) is 12.8. The molecule has 0 bridgehead atoms. The van der Waals surface area contributed by atoms with Crippen molar-refractivity contribution in [1.29, 1.82) is 0 Å². The molecule has 0 unspecified atom stereocenters. The van der Waals surface area contributed by atoms with Gasteiger partial charge >= 0.3 is 5.97 Å². The number of aromatic carboxylic acids is 1. The summed E-state index contributed by atoms with van der Waals surface area (Å²) in [7, 11) is 0. The molecule has 1 aliphatic rings. The highest BCUT2D eigenvalue weighted by molar-refractivity contribution is 7.21. The summed E-state index contributed by atoms with van der Waals surface area (Å²) < 4.78 is 7.07. The van der Waals surface area contributed by atoms with Crippen LogP contribution in [0.5, 0.6) is 0 Å². The van der Waals surface area contributed by atoms with E-state index in [9.17, 15) is 9.90 Å². The number of thiophene rings is 1. The Morgan fingerprint density at radius 1 is 1.19 bits per heavy atom. The molecule has 0 amide bonds. The number of hydrogen-bond donors (Lipinski definition) is 1. The minimum absolute atomic E-state index is 0.285. The monoisotopic (exact) mass is 304 g/mol. The molecule has 112 valence electrons. The smallest absolute Gasteiger partial charge is 0.346 e. The van der Waals surface area contributed by atoms with E-state index >= 15 is 0 Å². The Labute approximate surface area is 128 Å². The molecule has 1 heterocycles. The van der Waals surface area contributed by atoms with Crippen molar-refractivity contribution < 1.29 is 14.6 Å². The molecule has 0 saturated heterocycles. The van der Waals surface area contributed by atoms with Crippen molar-refractivity contribution in [2.75, 3.05) is 0 Å². The van der Waals surface area contributed by atoms with Crippen LogP contribution in [0.4, 0.5) is 0 Å². The minimum Gasteiger partial charge on any atom is -0.477 e. The Bertz CT molecular complexity index is 624. The zero-order chi connectivity index (χ0) is 14.7. The van der Waals surface area contributed by atoms with Gasteiger partial charge < -0.3 is 9.84 Å². The molecule has 1 aromatic carbocycles. The summed E-state index contributed by atoms with van der Waals surface area (Å²) in [6, 6.07) is 7.86. The predicted molar refractivity (Wildman–Crippen MR) is 85.1 cm³/mol. The number of carboxylic acid groups (broad SMARTS) is 1. The Hall–Kier alpha value is -1.39. The normalized spacial score (nSPS) is 17.0. The van der Waals surface area contributed by atoms with Crippen molar-refractivity contribution in [3.8, 4) is 0 Å².